The number of carbonyl (C=O) groups is 1. The number of benzene rings is 1. The zero-order chi connectivity index (χ0) is 14.2. The number of hydrogen-bond acceptors (Lipinski definition) is 2. The predicted octanol–water partition coefficient (Wildman–Crippen LogP) is 4.20. The zero-order valence-corrected chi connectivity index (χ0v) is 12.5. The molecule has 1 aliphatic rings. The minimum absolute atomic E-state index is 0.276. The number of hydrogen-bond donors (Lipinski definition) is 1. The van der Waals surface area contributed by atoms with Crippen molar-refractivity contribution in [3.05, 3.63) is 24.3 Å². The van der Waals surface area contributed by atoms with Crippen LogP contribution < -0.4 is 10.2 Å². The second kappa shape index (κ2) is 7.93. The molecule has 110 valence electrons. The molecule has 1 heterocycles. The van der Waals surface area contributed by atoms with E-state index in [1.165, 1.54) is 25.7 Å². The Balaban J connectivity index is 1.92. The second-order valence-electron chi connectivity index (χ2n) is 5.51. The molecule has 1 aromatic carbocycles. The van der Waals surface area contributed by atoms with Crippen LogP contribution in [0.25, 0.3) is 0 Å². The molecule has 0 aliphatic carbocycles. The van der Waals surface area contributed by atoms with Gasteiger partial charge in [-0.05, 0) is 25.0 Å². The van der Waals surface area contributed by atoms with E-state index in [4.69, 9.17) is 0 Å². The summed E-state index contributed by atoms with van der Waals surface area (Å²) in [6.45, 7) is 3.99. The van der Waals surface area contributed by atoms with Gasteiger partial charge in [0.05, 0.1) is 11.4 Å². The van der Waals surface area contributed by atoms with E-state index < -0.39 is 0 Å². The van der Waals surface area contributed by atoms with E-state index in [2.05, 4.69) is 18.3 Å². The van der Waals surface area contributed by atoms with Gasteiger partial charge in [0.15, 0.2) is 0 Å². The standard InChI is InChI=1S/C17H26N2O/c1-2-3-4-5-6-12-17(20)19-14-9-13-18-15-10-7-8-11-16(15)19/h7-8,10-11,18H,2-6,9,12-14H2,1H3. The highest BCUT2D eigenvalue weighted by molar-refractivity contribution is 5.96. The molecule has 2 rings (SSSR count). The van der Waals surface area contributed by atoms with E-state index in [0.717, 1.165) is 37.3 Å². The lowest BCUT2D eigenvalue weighted by Gasteiger charge is -2.22. The lowest BCUT2D eigenvalue weighted by atomic mass is 10.1. The molecular formula is C17H26N2O. The molecule has 0 aromatic heterocycles. The zero-order valence-electron chi connectivity index (χ0n) is 12.5. The van der Waals surface area contributed by atoms with Gasteiger partial charge in [-0.25, -0.2) is 0 Å². The first-order valence-electron chi connectivity index (χ1n) is 7.96. The molecule has 0 saturated carbocycles. The van der Waals surface area contributed by atoms with Crippen LogP contribution in [0.15, 0.2) is 24.3 Å². The second-order valence-corrected chi connectivity index (χ2v) is 5.51. The fraction of sp³-hybridized carbons (Fsp3) is 0.588. The van der Waals surface area contributed by atoms with E-state index in [9.17, 15) is 4.79 Å². The highest BCUT2D eigenvalue weighted by atomic mass is 16.2. The average Bonchev–Trinajstić information content (AvgIpc) is 2.69. The first kappa shape index (κ1) is 14.9. The number of carbonyl (C=O) groups excluding carboxylic acids is 1. The normalized spacial score (nSPS) is 14.3. The summed E-state index contributed by atoms with van der Waals surface area (Å²) in [5.74, 6) is 0.276. The molecule has 1 N–H and O–H groups in total. The van der Waals surface area contributed by atoms with Crippen LogP contribution in [-0.2, 0) is 4.79 Å². The van der Waals surface area contributed by atoms with Gasteiger partial charge >= 0.3 is 0 Å². The fourth-order valence-electron chi connectivity index (χ4n) is 2.71. The Bertz CT molecular complexity index is 431. The topological polar surface area (TPSA) is 32.3 Å². The van der Waals surface area contributed by atoms with Gasteiger partial charge < -0.3 is 10.2 Å². The van der Waals surface area contributed by atoms with Crippen molar-refractivity contribution in [2.75, 3.05) is 23.3 Å². The number of amides is 1. The summed E-state index contributed by atoms with van der Waals surface area (Å²) < 4.78 is 0. The van der Waals surface area contributed by atoms with Gasteiger partial charge in [-0.3, -0.25) is 4.79 Å². The fourth-order valence-corrected chi connectivity index (χ4v) is 2.71. The Morgan fingerprint density at radius 3 is 2.85 bits per heavy atom. The number of para-hydroxylation sites is 2. The molecule has 1 aromatic rings. The Kier molecular flexibility index (Phi) is 5.90. The number of rotatable bonds is 6. The molecule has 3 nitrogen and oxygen atoms in total. The van der Waals surface area contributed by atoms with Crippen LogP contribution in [0.5, 0.6) is 0 Å². The number of nitrogens with zero attached hydrogens (tertiary/aromatic N) is 1. The van der Waals surface area contributed by atoms with Gasteiger partial charge in [0, 0.05) is 19.5 Å². The molecule has 0 saturated heterocycles. The van der Waals surface area contributed by atoms with Crippen LogP contribution in [0.1, 0.15) is 51.9 Å². The molecule has 20 heavy (non-hydrogen) atoms. The Morgan fingerprint density at radius 2 is 2.00 bits per heavy atom. The third kappa shape index (κ3) is 3.99. The summed E-state index contributed by atoms with van der Waals surface area (Å²) in [5.41, 5.74) is 2.13. The molecule has 0 atom stereocenters. The number of anilines is 2. The summed E-state index contributed by atoms with van der Waals surface area (Å²) in [6, 6.07) is 8.13. The first-order chi connectivity index (χ1) is 9.83. The SMILES string of the molecule is CCCCCCCC(=O)N1CCCNc2ccccc21. The monoisotopic (exact) mass is 274 g/mol. The molecule has 1 aliphatic heterocycles. The van der Waals surface area contributed by atoms with Crippen LogP contribution in [0, 0.1) is 0 Å². The summed E-state index contributed by atoms with van der Waals surface area (Å²) in [4.78, 5) is 14.4. The summed E-state index contributed by atoms with van der Waals surface area (Å²) >= 11 is 0. The van der Waals surface area contributed by atoms with Crippen LogP contribution in [0.4, 0.5) is 11.4 Å². The van der Waals surface area contributed by atoms with Crippen molar-refractivity contribution >= 4 is 17.3 Å². The third-order valence-electron chi connectivity index (χ3n) is 3.86. The van der Waals surface area contributed by atoms with Crippen molar-refractivity contribution in [2.45, 2.75) is 51.9 Å². The van der Waals surface area contributed by atoms with Gasteiger partial charge in [0.25, 0.3) is 0 Å². The van der Waals surface area contributed by atoms with Crippen molar-refractivity contribution in [2.24, 2.45) is 0 Å². The van der Waals surface area contributed by atoms with Gasteiger partial charge in [0.1, 0.15) is 0 Å². The largest absolute Gasteiger partial charge is 0.383 e. The van der Waals surface area contributed by atoms with Crippen molar-refractivity contribution in [1.29, 1.82) is 0 Å². The Hall–Kier alpha value is -1.51. The molecule has 3 heteroatoms. The maximum Gasteiger partial charge on any atom is 0.227 e. The predicted molar refractivity (Wildman–Crippen MR) is 85.3 cm³/mol. The molecule has 0 radical (unpaired) electrons. The molecule has 0 spiro atoms. The molecule has 1 amide bonds. The van der Waals surface area contributed by atoms with E-state index >= 15 is 0 Å². The number of fused-ring (bicyclic) bond motifs is 1. The van der Waals surface area contributed by atoms with Crippen LogP contribution in [0.3, 0.4) is 0 Å². The Labute approximate surface area is 122 Å². The summed E-state index contributed by atoms with van der Waals surface area (Å²) in [6.07, 6.45) is 7.66. The number of unbranched alkanes of at least 4 members (excludes halogenated alkanes) is 4. The number of nitrogens with one attached hydrogen (secondary N) is 1. The van der Waals surface area contributed by atoms with Gasteiger partial charge in [-0.15, -0.1) is 0 Å². The molecule has 0 fully saturated rings. The Morgan fingerprint density at radius 1 is 1.20 bits per heavy atom. The van der Waals surface area contributed by atoms with Crippen molar-refractivity contribution in [1.82, 2.24) is 0 Å². The van der Waals surface area contributed by atoms with Crippen LogP contribution in [-0.4, -0.2) is 19.0 Å². The van der Waals surface area contributed by atoms with Gasteiger partial charge in [0.2, 0.25) is 5.91 Å². The van der Waals surface area contributed by atoms with E-state index in [-0.39, 0.29) is 5.91 Å². The summed E-state index contributed by atoms with van der Waals surface area (Å²) in [5, 5.41) is 3.40. The highest BCUT2D eigenvalue weighted by Gasteiger charge is 2.19. The van der Waals surface area contributed by atoms with Crippen LogP contribution in [0.2, 0.25) is 0 Å². The van der Waals surface area contributed by atoms with E-state index in [1.54, 1.807) is 0 Å². The van der Waals surface area contributed by atoms with Crippen LogP contribution >= 0.6 is 0 Å². The highest BCUT2D eigenvalue weighted by Crippen LogP contribution is 2.28. The van der Waals surface area contributed by atoms with E-state index in [0.29, 0.717) is 6.42 Å². The minimum Gasteiger partial charge on any atom is -0.383 e. The van der Waals surface area contributed by atoms with Crippen molar-refractivity contribution in [3.8, 4) is 0 Å². The maximum atomic E-state index is 12.4. The molecule has 0 bridgehead atoms. The lowest BCUT2D eigenvalue weighted by Crippen LogP contribution is -2.31. The minimum atomic E-state index is 0.276. The smallest absolute Gasteiger partial charge is 0.227 e. The van der Waals surface area contributed by atoms with Crippen molar-refractivity contribution < 1.29 is 4.79 Å². The molecular weight excluding hydrogens is 248 g/mol. The van der Waals surface area contributed by atoms with E-state index in [1.807, 2.05) is 23.1 Å². The lowest BCUT2D eigenvalue weighted by molar-refractivity contribution is -0.118. The summed E-state index contributed by atoms with van der Waals surface area (Å²) in [7, 11) is 0. The average molecular weight is 274 g/mol. The maximum absolute atomic E-state index is 12.4. The molecule has 0 unspecified atom stereocenters. The van der Waals surface area contributed by atoms with Crippen molar-refractivity contribution in [3.63, 3.8) is 0 Å². The first-order valence-corrected chi connectivity index (χ1v) is 7.96. The van der Waals surface area contributed by atoms with Gasteiger partial charge in [-0.2, -0.15) is 0 Å². The third-order valence-corrected chi connectivity index (χ3v) is 3.86. The van der Waals surface area contributed by atoms with Gasteiger partial charge in [-0.1, -0.05) is 44.7 Å². The quantitative estimate of drug-likeness (QED) is 0.789.